The molecule has 0 aliphatic rings. The van der Waals surface area contributed by atoms with E-state index in [1.54, 1.807) is 12.3 Å². The molecule has 7 heteroatoms. The summed E-state index contributed by atoms with van der Waals surface area (Å²) in [7, 11) is 0. The van der Waals surface area contributed by atoms with Crippen LogP contribution >= 0.6 is 11.3 Å². The number of pyridine rings is 1. The number of thiazole rings is 1. The molecular formula is C14H8F2N2O2S. The summed E-state index contributed by atoms with van der Waals surface area (Å²) >= 11 is 1.38. The van der Waals surface area contributed by atoms with Crippen LogP contribution in [0.2, 0.25) is 0 Å². The molecule has 1 N–H and O–H groups in total. The highest BCUT2D eigenvalue weighted by Gasteiger charge is 2.18. The van der Waals surface area contributed by atoms with Crippen LogP contribution in [0.25, 0.3) is 22.3 Å². The van der Waals surface area contributed by atoms with Gasteiger partial charge in [-0.15, -0.1) is 11.3 Å². The molecule has 0 spiro atoms. The lowest BCUT2D eigenvalue weighted by atomic mass is 10.1. The first kappa shape index (κ1) is 13.6. The van der Waals surface area contributed by atoms with E-state index in [1.165, 1.54) is 17.4 Å². The van der Waals surface area contributed by atoms with E-state index in [1.807, 2.05) is 0 Å². The Balaban J connectivity index is 2.37. The predicted octanol–water partition coefficient (Wildman–Crippen LogP) is 3.64. The second-order valence-corrected chi connectivity index (χ2v) is 5.46. The molecule has 0 fully saturated rings. The van der Waals surface area contributed by atoms with Gasteiger partial charge in [-0.3, -0.25) is 0 Å². The fraction of sp³-hybridized carbons (Fsp3) is 0.0714. The van der Waals surface area contributed by atoms with Crippen molar-refractivity contribution in [1.29, 1.82) is 0 Å². The first-order chi connectivity index (χ1) is 9.95. The van der Waals surface area contributed by atoms with Gasteiger partial charge in [0.05, 0.1) is 32.9 Å². The van der Waals surface area contributed by atoms with Gasteiger partial charge in [0.2, 0.25) is 0 Å². The van der Waals surface area contributed by atoms with Gasteiger partial charge in [-0.1, -0.05) is 0 Å². The van der Waals surface area contributed by atoms with Crippen LogP contribution in [-0.4, -0.2) is 21.0 Å². The minimum Gasteiger partial charge on any atom is -0.478 e. The number of hydrogen-bond donors (Lipinski definition) is 1. The van der Waals surface area contributed by atoms with E-state index in [4.69, 9.17) is 0 Å². The molecule has 1 aromatic carbocycles. The van der Waals surface area contributed by atoms with Gasteiger partial charge in [-0.2, -0.15) is 0 Å². The fourth-order valence-electron chi connectivity index (χ4n) is 2.07. The van der Waals surface area contributed by atoms with Crippen molar-refractivity contribution in [3.8, 4) is 11.4 Å². The van der Waals surface area contributed by atoms with Crippen LogP contribution in [0.1, 0.15) is 15.4 Å². The molecule has 0 saturated heterocycles. The zero-order valence-electron chi connectivity index (χ0n) is 10.7. The number of aromatic nitrogens is 2. The normalized spacial score (nSPS) is 11.0. The number of aryl methyl sites for hydroxylation is 1. The van der Waals surface area contributed by atoms with E-state index < -0.39 is 17.6 Å². The van der Waals surface area contributed by atoms with E-state index >= 15 is 0 Å². The lowest BCUT2D eigenvalue weighted by Gasteiger charge is -2.06. The summed E-state index contributed by atoms with van der Waals surface area (Å²) in [6, 6.07) is 2.90. The zero-order chi connectivity index (χ0) is 15.1. The molecule has 2 aromatic heterocycles. The van der Waals surface area contributed by atoms with Crippen LogP contribution in [0, 0.1) is 18.6 Å². The molecule has 106 valence electrons. The number of fused-ring (bicyclic) bond motifs is 1. The maximum Gasteiger partial charge on any atom is 0.336 e. The van der Waals surface area contributed by atoms with E-state index in [9.17, 15) is 18.7 Å². The Morgan fingerprint density at radius 3 is 2.57 bits per heavy atom. The number of carbonyl (C=O) groups is 1. The highest BCUT2D eigenvalue weighted by Crippen LogP contribution is 2.28. The third-order valence-electron chi connectivity index (χ3n) is 2.94. The number of benzene rings is 1. The largest absolute Gasteiger partial charge is 0.478 e. The lowest BCUT2D eigenvalue weighted by Crippen LogP contribution is -2.02. The van der Waals surface area contributed by atoms with Crippen LogP contribution in [0.5, 0.6) is 0 Å². The number of hydrogen-bond acceptors (Lipinski definition) is 4. The summed E-state index contributed by atoms with van der Waals surface area (Å²) in [6.45, 7) is 1.80. The molecule has 0 radical (unpaired) electrons. The maximum atomic E-state index is 13.8. The minimum atomic E-state index is -1.30. The quantitative estimate of drug-likeness (QED) is 0.785. The Kier molecular flexibility index (Phi) is 3.13. The third kappa shape index (κ3) is 2.36. The molecule has 0 aliphatic heterocycles. The summed E-state index contributed by atoms with van der Waals surface area (Å²) in [5.74, 6) is -3.06. The molecule has 21 heavy (non-hydrogen) atoms. The average Bonchev–Trinajstić information content (AvgIpc) is 2.83. The third-order valence-corrected chi connectivity index (χ3v) is 3.71. The van der Waals surface area contributed by atoms with Crippen molar-refractivity contribution in [2.24, 2.45) is 0 Å². The number of nitrogens with zero attached hydrogens (tertiary/aromatic N) is 2. The molecule has 0 aliphatic carbocycles. The Labute approximate surface area is 121 Å². The van der Waals surface area contributed by atoms with Gasteiger partial charge in [-0.25, -0.2) is 23.5 Å². The average molecular weight is 306 g/mol. The zero-order valence-corrected chi connectivity index (χ0v) is 11.5. The van der Waals surface area contributed by atoms with Crippen molar-refractivity contribution in [3.63, 3.8) is 0 Å². The second-order valence-electron chi connectivity index (χ2n) is 4.39. The molecule has 0 bridgehead atoms. The van der Waals surface area contributed by atoms with Gasteiger partial charge in [0.1, 0.15) is 11.6 Å². The van der Waals surface area contributed by atoms with Gasteiger partial charge in [0, 0.05) is 17.5 Å². The van der Waals surface area contributed by atoms with Crippen LogP contribution in [0.4, 0.5) is 8.78 Å². The molecule has 2 heterocycles. The van der Waals surface area contributed by atoms with E-state index in [0.717, 1.165) is 11.1 Å². The van der Waals surface area contributed by atoms with Gasteiger partial charge in [-0.05, 0) is 13.0 Å². The first-order valence-electron chi connectivity index (χ1n) is 5.91. The smallest absolute Gasteiger partial charge is 0.336 e. The first-order valence-corrected chi connectivity index (χ1v) is 6.79. The summed E-state index contributed by atoms with van der Waals surface area (Å²) < 4.78 is 27.2. The highest BCUT2D eigenvalue weighted by atomic mass is 32.1. The Hall–Kier alpha value is -2.41. The summed E-state index contributed by atoms with van der Waals surface area (Å²) in [6.07, 6.45) is 0. The maximum absolute atomic E-state index is 13.8. The number of carboxylic acid groups (broad SMARTS) is 1. The van der Waals surface area contributed by atoms with Gasteiger partial charge < -0.3 is 5.11 Å². The molecule has 3 aromatic rings. The minimum absolute atomic E-state index is 0.0481. The lowest BCUT2D eigenvalue weighted by molar-refractivity contribution is 0.0698. The number of carboxylic acids is 1. The number of halogens is 2. The van der Waals surface area contributed by atoms with Crippen LogP contribution in [0.15, 0.2) is 23.6 Å². The standard InChI is InChI=1S/C14H8F2N2O2S/c1-6-17-12(5-21-6)10-4-8(14(19)20)13-9(16)2-7(15)3-11(13)18-10/h2-5H,1H3,(H,19,20). The molecule has 3 rings (SSSR count). The molecule has 0 saturated carbocycles. The number of rotatable bonds is 2. The van der Waals surface area contributed by atoms with Crippen molar-refractivity contribution in [2.75, 3.05) is 0 Å². The van der Waals surface area contributed by atoms with Crippen molar-refractivity contribution >= 4 is 28.2 Å². The molecule has 0 atom stereocenters. The van der Waals surface area contributed by atoms with Crippen molar-refractivity contribution in [2.45, 2.75) is 6.92 Å². The Morgan fingerprint density at radius 1 is 1.19 bits per heavy atom. The van der Waals surface area contributed by atoms with E-state index in [2.05, 4.69) is 9.97 Å². The fourth-order valence-corrected chi connectivity index (χ4v) is 2.67. The Morgan fingerprint density at radius 2 is 1.95 bits per heavy atom. The van der Waals surface area contributed by atoms with Gasteiger partial charge in [0.25, 0.3) is 0 Å². The molecular weight excluding hydrogens is 298 g/mol. The second kappa shape index (κ2) is 4.85. The predicted molar refractivity (Wildman–Crippen MR) is 74.5 cm³/mol. The van der Waals surface area contributed by atoms with Gasteiger partial charge >= 0.3 is 5.97 Å². The van der Waals surface area contributed by atoms with E-state index in [-0.39, 0.29) is 22.2 Å². The van der Waals surface area contributed by atoms with E-state index in [0.29, 0.717) is 11.8 Å². The van der Waals surface area contributed by atoms with Crippen molar-refractivity contribution in [1.82, 2.24) is 9.97 Å². The van der Waals surface area contributed by atoms with Crippen LogP contribution < -0.4 is 0 Å². The van der Waals surface area contributed by atoms with Crippen molar-refractivity contribution < 1.29 is 18.7 Å². The van der Waals surface area contributed by atoms with Crippen LogP contribution in [-0.2, 0) is 0 Å². The molecule has 0 amide bonds. The summed E-state index contributed by atoms with van der Waals surface area (Å²) in [5.41, 5.74) is 0.437. The summed E-state index contributed by atoms with van der Waals surface area (Å²) in [4.78, 5) is 19.7. The van der Waals surface area contributed by atoms with Gasteiger partial charge in [0.15, 0.2) is 0 Å². The molecule has 0 unspecified atom stereocenters. The highest BCUT2D eigenvalue weighted by molar-refractivity contribution is 7.09. The topological polar surface area (TPSA) is 63.1 Å². The monoisotopic (exact) mass is 306 g/mol. The Bertz CT molecular complexity index is 877. The summed E-state index contributed by atoms with van der Waals surface area (Å²) in [5, 5.41) is 11.5. The van der Waals surface area contributed by atoms with Crippen molar-refractivity contribution in [3.05, 3.63) is 45.8 Å². The molecule has 4 nitrogen and oxygen atoms in total. The van der Waals surface area contributed by atoms with Crippen LogP contribution in [0.3, 0.4) is 0 Å². The SMILES string of the molecule is Cc1nc(-c2cc(C(=O)O)c3c(F)cc(F)cc3n2)cs1. The number of aromatic carboxylic acids is 1.